The van der Waals surface area contributed by atoms with Crippen molar-refractivity contribution in [2.75, 3.05) is 0 Å². The molecule has 50 valence electrons. The first-order chi connectivity index (χ1) is 4.20. The maximum absolute atomic E-state index is 5.66. The molecule has 0 fully saturated rings. The molecule has 0 spiro atoms. The molecule has 1 aliphatic carbocycles. The molecule has 0 saturated carbocycles. The van der Waals surface area contributed by atoms with E-state index in [0.717, 1.165) is 12.1 Å². The second-order valence-corrected chi connectivity index (χ2v) is 2.72. The zero-order valence-corrected chi connectivity index (χ0v) is 6.02. The van der Waals surface area contributed by atoms with Crippen molar-refractivity contribution in [3.8, 4) is 0 Å². The lowest BCUT2D eigenvalue weighted by molar-refractivity contribution is 0.720. The van der Waals surface area contributed by atoms with Crippen LogP contribution in [0.4, 0.5) is 0 Å². The molecule has 0 heterocycles. The van der Waals surface area contributed by atoms with Gasteiger partial charge in [-0.15, -0.1) is 0 Å². The third-order valence-electron chi connectivity index (χ3n) is 1.72. The van der Waals surface area contributed by atoms with E-state index in [1.807, 2.05) is 0 Å². The highest BCUT2D eigenvalue weighted by Crippen LogP contribution is 2.17. The van der Waals surface area contributed by atoms with Crippen molar-refractivity contribution >= 4 is 0 Å². The Bertz CT molecular complexity index is 165. The van der Waals surface area contributed by atoms with Gasteiger partial charge in [-0.25, -0.2) is 0 Å². The summed E-state index contributed by atoms with van der Waals surface area (Å²) in [6.07, 6.45) is 5.46. The maximum Gasteiger partial charge on any atom is 0.0302 e. The summed E-state index contributed by atoms with van der Waals surface area (Å²) in [6.45, 7) is 4.23. The van der Waals surface area contributed by atoms with Crippen molar-refractivity contribution in [3.63, 3.8) is 0 Å². The minimum Gasteiger partial charge on any atom is -0.399 e. The van der Waals surface area contributed by atoms with Crippen LogP contribution in [-0.4, -0.2) is 0 Å². The first-order valence-electron chi connectivity index (χ1n) is 3.34. The van der Waals surface area contributed by atoms with E-state index in [0.29, 0.717) is 5.92 Å². The van der Waals surface area contributed by atoms with Crippen LogP contribution in [0.1, 0.15) is 20.3 Å². The Kier molecular flexibility index (Phi) is 1.60. The molecular formula is C8H13N. The van der Waals surface area contributed by atoms with Gasteiger partial charge in [-0.3, -0.25) is 0 Å². The van der Waals surface area contributed by atoms with Crippen LogP contribution in [0.3, 0.4) is 0 Å². The number of rotatable bonds is 0. The van der Waals surface area contributed by atoms with Gasteiger partial charge in [-0.05, 0) is 24.8 Å². The molecule has 0 bridgehead atoms. The zero-order chi connectivity index (χ0) is 6.85. The van der Waals surface area contributed by atoms with E-state index in [2.05, 4.69) is 26.0 Å². The molecular weight excluding hydrogens is 110 g/mol. The molecule has 0 aromatic carbocycles. The van der Waals surface area contributed by atoms with Crippen molar-refractivity contribution in [1.82, 2.24) is 0 Å². The van der Waals surface area contributed by atoms with Crippen molar-refractivity contribution < 1.29 is 0 Å². The number of hydrogen-bond acceptors (Lipinski definition) is 1. The monoisotopic (exact) mass is 123 g/mol. The van der Waals surface area contributed by atoms with Crippen LogP contribution in [-0.2, 0) is 0 Å². The molecule has 0 aromatic heterocycles. The van der Waals surface area contributed by atoms with Crippen LogP contribution in [0.5, 0.6) is 0 Å². The van der Waals surface area contributed by atoms with Gasteiger partial charge >= 0.3 is 0 Å². The fourth-order valence-corrected chi connectivity index (χ4v) is 0.987. The van der Waals surface area contributed by atoms with Gasteiger partial charge in [0, 0.05) is 5.70 Å². The topological polar surface area (TPSA) is 26.0 Å². The molecule has 2 N–H and O–H groups in total. The molecule has 1 heteroatoms. The van der Waals surface area contributed by atoms with Crippen LogP contribution in [0.2, 0.25) is 0 Å². The molecule has 1 unspecified atom stereocenters. The number of allylic oxidation sites excluding steroid dienone is 3. The third kappa shape index (κ3) is 1.35. The van der Waals surface area contributed by atoms with Gasteiger partial charge in [0.2, 0.25) is 0 Å². The average molecular weight is 123 g/mol. The lowest BCUT2D eigenvalue weighted by Crippen LogP contribution is -2.06. The Hall–Kier alpha value is -0.720. The van der Waals surface area contributed by atoms with Gasteiger partial charge in [-0.1, -0.05) is 19.1 Å². The highest BCUT2D eigenvalue weighted by atomic mass is 14.6. The first kappa shape index (κ1) is 6.40. The van der Waals surface area contributed by atoms with Gasteiger partial charge in [-0.2, -0.15) is 0 Å². The van der Waals surface area contributed by atoms with Gasteiger partial charge in [0.1, 0.15) is 0 Å². The largest absolute Gasteiger partial charge is 0.399 e. The lowest BCUT2D eigenvalue weighted by atomic mass is 9.97. The van der Waals surface area contributed by atoms with Crippen molar-refractivity contribution in [1.29, 1.82) is 0 Å². The normalized spacial score (nSPS) is 27.1. The lowest BCUT2D eigenvalue weighted by Gasteiger charge is -2.12. The minimum atomic E-state index is 0.633. The molecule has 1 atom stereocenters. The fraction of sp³-hybridized carbons (Fsp3) is 0.500. The zero-order valence-electron chi connectivity index (χ0n) is 6.02. The van der Waals surface area contributed by atoms with Crippen molar-refractivity contribution in [3.05, 3.63) is 23.4 Å². The van der Waals surface area contributed by atoms with E-state index in [4.69, 9.17) is 5.73 Å². The van der Waals surface area contributed by atoms with E-state index in [-0.39, 0.29) is 0 Å². The summed E-state index contributed by atoms with van der Waals surface area (Å²) in [5, 5.41) is 0. The summed E-state index contributed by atoms with van der Waals surface area (Å²) in [6, 6.07) is 0. The second kappa shape index (κ2) is 2.26. The molecule has 0 amide bonds. The molecule has 0 aliphatic heterocycles. The maximum atomic E-state index is 5.66. The molecule has 0 saturated heterocycles. The predicted molar refractivity (Wildman–Crippen MR) is 39.8 cm³/mol. The fourth-order valence-electron chi connectivity index (χ4n) is 0.987. The van der Waals surface area contributed by atoms with Crippen LogP contribution in [0.25, 0.3) is 0 Å². The SMILES string of the molecule is CC1=CCC(C)C=C1N. The Morgan fingerprint density at radius 3 is 2.78 bits per heavy atom. The standard InChI is InChI=1S/C8H13N/c1-6-3-4-7(2)8(9)5-6/h4-6H,3,9H2,1-2H3. The van der Waals surface area contributed by atoms with E-state index >= 15 is 0 Å². The van der Waals surface area contributed by atoms with Gasteiger partial charge < -0.3 is 5.73 Å². The summed E-state index contributed by atoms with van der Waals surface area (Å²) in [5.41, 5.74) is 7.84. The predicted octanol–water partition coefficient (Wildman–Crippen LogP) is 1.82. The summed E-state index contributed by atoms with van der Waals surface area (Å²) >= 11 is 0. The van der Waals surface area contributed by atoms with Crippen LogP contribution in [0, 0.1) is 5.92 Å². The second-order valence-electron chi connectivity index (χ2n) is 2.72. The third-order valence-corrected chi connectivity index (χ3v) is 1.72. The van der Waals surface area contributed by atoms with Gasteiger partial charge in [0.15, 0.2) is 0 Å². The minimum absolute atomic E-state index is 0.633. The van der Waals surface area contributed by atoms with Gasteiger partial charge in [0.05, 0.1) is 0 Å². The van der Waals surface area contributed by atoms with Crippen molar-refractivity contribution in [2.45, 2.75) is 20.3 Å². The summed E-state index contributed by atoms with van der Waals surface area (Å²) in [4.78, 5) is 0. The highest BCUT2D eigenvalue weighted by Gasteiger charge is 2.04. The quantitative estimate of drug-likeness (QED) is 0.522. The van der Waals surface area contributed by atoms with Crippen molar-refractivity contribution in [2.24, 2.45) is 11.7 Å². The summed E-state index contributed by atoms with van der Waals surface area (Å²) < 4.78 is 0. The molecule has 1 rings (SSSR count). The molecule has 0 aromatic rings. The summed E-state index contributed by atoms with van der Waals surface area (Å²) in [5.74, 6) is 0.633. The highest BCUT2D eigenvalue weighted by molar-refractivity contribution is 5.29. The Morgan fingerprint density at radius 2 is 2.33 bits per heavy atom. The van der Waals surface area contributed by atoms with Crippen LogP contribution < -0.4 is 5.73 Å². The molecule has 1 nitrogen and oxygen atoms in total. The van der Waals surface area contributed by atoms with E-state index in [1.54, 1.807) is 0 Å². The number of nitrogens with two attached hydrogens (primary N) is 1. The average Bonchev–Trinajstić information content (AvgIpc) is 1.80. The Balaban J connectivity index is 2.75. The van der Waals surface area contributed by atoms with E-state index < -0.39 is 0 Å². The first-order valence-corrected chi connectivity index (χ1v) is 3.34. The van der Waals surface area contributed by atoms with E-state index in [9.17, 15) is 0 Å². The van der Waals surface area contributed by atoms with Crippen LogP contribution in [0.15, 0.2) is 23.4 Å². The Labute approximate surface area is 56.2 Å². The van der Waals surface area contributed by atoms with Gasteiger partial charge in [0.25, 0.3) is 0 Å². The van der Waals surface area contributed by atoms with Crippen LogP contribution >= 0.6 is 0 Å². The molecule has 9 heavy (non-hydrogen) atoms. The van der Waals surface area contributed by atoms with E-state index in [1.165, 1.54) is 5.57 Å². The smallest absolute Gasteiger partial charge is 0.0302 e. The molecule has 1 aliphatic rings. The number of hydrogen-bond donors (Lipinski definition) is 1. The Morgan fingerprint density at radius 1 is 1.67 bits per heavy atom. The summed E-state index contributed by atoms with van der Waals surface area (Å²) in [7, 11) is 0. The molecule has 0 radical (unpaired) electrons.